The van der Waals surface area contributed by atoms with Crippen LogP contribution in [0.4, 0.5) is 17.3 Å². The molecule has 0 aliphatic rings. The molecule has 0 amide bonds. The molecule has 0 atom stereocenters. The lowest BCUT2D eigenvalue weighted by Crippen LogP contribution is -2.25. The molecule has 0 unspecified atom stereocenters. The van der Waals surface area contributed by atoms with Gasteiger partial charge in [0.05, 0.1) is 10.7 Å². The lowest BCUT2D eigenvalue weighted by Gasteiger charge is -2.19. The second kappa shape index (κ2) is 12.1. The number of hydrogen-bond acceptors (Lipinski definition) is 7. The second-order valence-corrected chi connectivity index (χ2v) is 11.4. The molecule has 0 aliphatic carbocycles. The number of para-hydroxylation sites is 2. The molecule has 210 valence electrons. The van der Waals surface area contributed by atoms with E-state index in [4.69, 9.17) is 16.6 Å². The van der Waals surface area contributed by atoms with Crippen molar-refractivity contribution in [1.29, 1.82) is 0 Å². The highest BCUT2D eigenvalue weighted by Gasteiger charge is 2.18. The summed E-state index contributed by atoms with van der Waals surface area (Å²) in [6, 6.07) is 27.5. The number of hydrogen-bond donors (Lipinski definition) is 1. The highest BCUT2D eigenvalue weighted by Crippen LogP contribution is 2.33. The number of pyridine rings is 1. The van der Waals surface area contributed by atoms with E-state index >= 15 is 0 Å². The van der Waals surface area contributed by atoms with Crippen molar-refractivity contribution in [3.8, 4) is 22.4 Å². The van der Waals surface area contributed by atoms with Crippen LogP contribution in [0.5, 0.6) is 0 Å². The SMILES string of the molecule is Cc1nc(-c2ccc(-c3cc4cnc(N(C)c5ccccc5)nc4n(CCCNc4ccccc4)c3=O)c(Cl)c2)cs1. The van der Waals surface area contributed by atoms with Gasteiger partial charge in [0.1, 0.15) is 5.65 Å². The number of fused-ring (bicyclic) bond motifs is 1. The molecule has 1 N–H and O–H groups in total. The average molecular weight is 593 g/mol. The van der Waals surface area contributed by atoms with Crippen LogP contribution in [0.25, 0.3) is 33.4 Å². The van der Waals surface area contributed by atoms with Crippen LogP contribution in [-0.4, -0.2) is 33.1 Å². The fraction of sp³-hybridized carbons (Fsp3) is 0.152. The Kier molecular flexibility index (Phi) is 7.99. The Bertz CT molecular complexity index is 1910. The lowest BCUT2D eigenvalue weighted by atomic mass is 10.0. The van der Waals surface area contributed by atoms with Gasteiger partial charge in [0, 0.05) is 70.2 Å². The number of anilines is 3. The molecule has 6 aromatic rings. The van der Waals surface area contributed by atoms with Crippen molar-refractivity contribution >= 4 is 51.3 Å². The highest BCUT2D eigenvalue weighted by atomic mass is 35.5. The molecule has 3 aromatic heterocycles. The van der Waals surface area contributed by atoms with Crippen LogP contribution in [-0.2, 0) is 6.54 Å². The van der Waals surface area contributed by atoms with Gasteiger partial charge in [0.2, 0.25) is 5.95 Å². The molecule has 0 radical (unpaired) electrons. The molecule has 0 spiro atoms. The molecule has 3 aromatic carbocycles. The fourth-order valence-electron chi connectivity index (χ4n) is 4.89. The smallest absolute Gasteiger partial charge is 0.260 e. The van der Waals surface area contributed by atoms with Crippen LogP contribution >= 0.6 is 22.9 Å². The van der Waals surface area contributed by atoms with E-state index in [-0.39, 0.29) is 5.56 Å². The summed E-state index contributed by atoms with van der Waals surface area (Å²) in [4.78, 5) is 30.1. The van der Waals surface area contributed by atoms with Gasteiger partial charge in [-0.25, -0.2) is 9.97 Å². The van der Waals surface area contributed by atoms with Crippen molar-refractivity contribution in [1.82, 2.24) is 19.5 Å². The molecule has 9 heteroatoms. The van der Waals surface area contributed by atoms with E-state index in [2.05, 4.69) is 15.3 Å². The largest absolute Gasteiger partial charge is 0.385 e. The van der Waals surface area contributed by atoms with Crippen molar-refractivity contribution in [2.24, 2.45) is 0 Å². The number of benzene rings is 3. The third-order valence-corrected chi connectivity index (χ3v) is 8.18. The molecule has 6 rings (SSSR count). The Hall–Kier alpha value is -4.53. The van der Waals surface area contributed by atoms with Crippen LogP contribution < -0.4 is 15.8 Å². The summed E-state index contributed by atoms with van der Waals surface area (Å²) < 4.78 is 1.75. The Morgan fingerprint density at radius 2 is 1.71 bits per heavy atom. The maximum absolute atomic E-state index is 14.1. The molecule has 42 heavy (non-hydrogen) atoms. The molecule has 0 saturated heterocycles. The van der Waals surface area contributed by atoms with E-state index in [9.17, 15) is 4.79 Å². The molecule has 0 saturated carbocycles. The summed E-state index contributed by atoms with van der Waals surface area (Å²) in [5.74, 6) is 0.512. The zero-order chi connectivity index (χ0) is 29.1. The zero-order valence-electron chi connectivity index (χ0n) is 23.3. The van der Waals surface area contributed by atoms with Gasteiger partial charge in [-0.2, -0.15) is 4.98 Å². The first-order valence-electron chi connectivity index (χ1n) is 13.7. The standard InChI is InChI=1S/C33H29ClN6OS/c1-22-37-30(21-42-22)23-14-15-27(29(34)19-23)28-18-24-20-36-33(39(2)26-12-7-4-8-13-26)38-31(24)40(32(28)41)17-9-16-35-25-10-5-3-6-11-25/h3-8,10-15,18-21,35H,9,16-17H2,1-2H3. The predicted octanol–water partition coefficient (Wildman–Crippen LogP) is 7.81. The first kappa shape index (κ1) is 27.6. The first-order chi connectivity index (χ1) is 20.5. The maximum Gasteiger partial charge on any atom is 0.260 e. The van der Waals surface area contributed by atoms with Crippen molar-refractivity contribution in [3.05, 3.63) is 117 Å². The number of nitrogens with one attached hydrogen (secondary N) is 1. The number of aromatic nitrogens is 4. The minimum atomic E-state index is -0.145. The minimum Gasteiger partial charge on any atom is -0.385 e. The summed E-state index contributed by atoms with van der Waals surface area (Å²) in [7, 11) is 1.92. The van der Waals surface area contributed by atoms with Crippen LogP contribution in [0, 0.1) is 6.92 Å². The molecule has 0 bridgehead atoms. The van der Waals surface area contributed by atoms with Crippen LogP contribution in [0.1, 0.15) is 11.4 Å². The van der Waals surface area contributed by atoms with Gasteiger partial charge >= 0.3 is 0 Å². The number of nitrogens with zero attached hydrogens (tertiary/aromatic N) is 5. The fourth-order valence-corrected chi connectivity index (χ4v) is 5.80. The Balaban J connectivity index is 1.39. The van der Waals surface area contributed by atoms with E-state index in [1.165, 1.54) is 0 Å². The van der Waals surface area contributed by atoms with Crippen LogP contribution in [0.15, 0.2) is 101 Å². The number of halogens is 1. The second-order valence-electron chi connectivity index (χ2n) is 9.95. The Morgan fingerprint density at radius 3 is 2.43 bits per heavy atom. The topological polar surface area (TPSA) is 75.9 Å². The van der Waals surface area contributed by atoms with E-state index < -0.39 is 0 Å². The Morgan fingerprint density at radius 1 is 0.952 bits per heavy atom. The summed E-state index contributed by atoms with van der Waals surface area (Å²) in [5, 5.41) is 7.68. The number of aryl methyl sites for hydroxylation is 2. The molecular formula is C33H29ClN6OS. The molecular weight excluding hydrogens is 564 g/mol. The lowest BCUT2D eigenvalue weighted by molar-refractivity contribution is 0.656. The summed E-state index contributed by atoms with van der Waals surface area (Å²) in [6.07, 6.45) is 2.50. The van der Waals surface area contributed by atoms with E-state index in [0.29, 0.717) is 40.8 Å². The molecule has 3 heterocycles. The van der Waals surface area contributed by atoms with Gasteiger partial charge in [0.25, 0.3) is 5.56 Å². The average Bonchev–Trinajstić information content (AvgIpc) is 3.46. The van der Waals surface area contributed by atoms with Crippen LogP contribution in [0.2, 0.25) is 5.02 Å². The quantitative estimate of drug-likeness (QED) is 0.173. The monoisotopic (exact) mass is 592 g/mol. The highest BCUT2D eigenvalue weighted by molar-refractivity contribution is 7.09. The third kappa shape index (κ3) is 5.77. The van der Waals surface area contributed by atoms with Crippen molar-refractivity contribution in [2.45, 2.75) is 19.9 Å². The van der Waals surface area contributed by atoms with Gasteiger partial charge < -0.3 is 10.2 Å². The molecule has 7 nitrogen and oxygen atoms in total. The molecule has 0 fully saturated rings. The summed E-state index contributed by atoms with van der Waals surface area (Å²) >= 11 is 8.40. The summed E-state index contributed by atoms with van der Waals surface area (Å²) in [6.45, 7) is 3.15. The first-order valence-corrected chi connectivity index (χ1v) is 14.9. The van der Waals surface area contributed by atoms with Crippen molar-refractivity contribution < 1.29 is 0 Å². The Labute approximate surface area is 253 Å². The number of rotatable bonds is 9. The van der Waals surface area contributed by atoms with Gasteiger partial charge in [-0.15, -0.1) is 11.3 Å². The van der Waals surface area contributed by atoms with Gasteiger partial charge in [0.15, 0.2) is 0 Å². The minimum absolute atomic E-state index is 0.145. The predicted molar refractivity (Wildman–Crippen MR) is 174 cm³/mol. The normalized spacial score (nSPS) is 11.1. The van der Waals surface area contributed by atoms with E-state index in [0.717, 1.165) is 39.4 Å². The van der Waals surface area contributed by atoms with Gasteiger partial charge in [-0.05, 0) is 49.7 Å². The van der Waals surface area contributed by atoms with Gasteiger partial charge in [-0.1, -0.05) is 60.1 Å². The van der Waals surface area contributed by atoms with Gasteiger partial charge in [-0.3, -0.25) is 9.36 Å². The van der Waals surface area contributed by atoms with E-state index in [1.807, 2.05) is 109 Å². The van der Waals surface area contributed by atoms with Crippen LogP contribution in [0.3, 0.4) is 0 Å². The third-order valence-electron chi connectivity index (χ3n) is 7.09. The van der Waals surface area contributed by atoms with E-state index in [1.54, 1.807) is 22.1 Å². The summed E-state index contributed by atoms with van der Waals surface area (Å²) in [5.41, 5.74) is 5.40. The maximum atomic E-state index is 14.1. The van der Waals surface area contributed by atoms with Crippen molar-refractivity contribution in [2.75, 3.05) is 23.8 Å². The van der Waals surface area contributed by atoms with Crippen molar-refractivity contribution in [3.63, 3.8) is 0 Å². The molecule has 0 aliphatic heterocycles. The zero-order valence-corrected chi connectivity index (χ0v) is 24.9. The number of thiazole rings is 1.